The van der Waals surface area contributed by atoms with Crippen LogP contribution in [0.15, 0.2) is 91.0 Å². The van der Waals surface area contributed by atoms with Crippen molar-refractivity contribution >= 4 is 29.5 Å². The molecule has 1 fully saturated rings. The largest absolute Gasteiger partial charge is 0.358 e. The van der Waals surface area contributed by atoms with E-state index in [2.05, 4.69) is 72.8 Å². The number of hydrogen-bond donors (Lipinski definition) is 0. The molecule has 1 heterocycles. The second kappa shape index (κ2) is 7.74. The van der Waals surface area contributed by atoms with Crippen LogP contribution in [0, 0.1) is 0 Å². The molecule has 0 aliphatic carbocycles. The SMILES string of the molecule is CCO[C@H]1[C@H]([Si](c2ccccc2)(c2ccccc2)c2ccccc2)C(=O)N1C. The summed E-state index contributed by atoms with van der Waals surface area (Å²) >= 11 is 0. The first-order valence-electron chi connectivity index (χ1n) is 9.76. The van der Waals surface area contributed by atoms with E-state index in [0.29, 0.717) is 6.61 Å². The molecule has 4 heteroatoms. The van der Waals surface area contributed by atoms with Gasteiger partial charge in [0.25, 0.3) is 0 Å². The van der Waals surface area contributed by atoms with Crippen LogP contribution in [0.2, 0.25) is 5.54 Å². The lowest BCUT2D eigenvalue weighted by Crippen LogP contribution is -2.79. The van der Waals surface area contributed by atoms with Crippen LogP contribution in [-0.4, -0.2) is 38.8 Å². The number of likely N-dealkylation sites (tertiary alicyclic amines) is 1. The molecule has 28 heavy (non-hydrogen) atoms. The van der Waals surface area contributed by atoms with Crippen molar-refractivity contribution in [2.45, 2.75) is 18.7 Å². The third-order valence-corrected chi connectivity index (χ3v) is 11.0. The third-order valence-electron chi connectivity index (χ3n) is 5.77. The van der Waals surface area contributed by atoms with Crippen LogP contribution < -0.4 is 15.6 Å². The highest BCUT2D eigenvalue weighted by atomic mass is 28.3. The molecule has 0 N–H and O–H groups in total. The molecule has 0 aromatic heterocycles. The first kappa shape index (κ1) is 18.7. The maximum atomic E-state index is 13.3. The van der Waals surface area contributed by atoms with Crippen molar-refractivity contribution < 1.29 is 9.53 Å². The molecular weight excluding hydrogens is 362 g/mol. The summed E-state index contributed by atoms with van der Waals surface area (Å²) in [6, 6.07) is 31.6. The van der Waals surface area contributed by atoms with Crippen molar-refractivity contribution in [1.29, 1.82) is 0 Å². The maximum absolute atomic E-state index is 13.3. The Bertz CT molecular complexity index is 834. The fourth-order valence-corrected chi connectivity index (χ4v) is 10.1. The lowest BCUT2D eigenvalue weighted by molar-refractivity contribution is -0.168. The Morgan fingerprint density at radius 2 is 1.18 bits per heavy atom. The van der Waals surface area contributed by atoms with Crippen LogP contribution in [0.4, 0.5) is 0 Å². The number of benzene rings is 3. The van der Waals surface area contributed by atoms with Crippen molar-refractivity contribution in [3.63, 3.8) is 0 Å². The minimum atomic E-state index is -2.66. The average molecular weight is 388 g/mol. The third kappa shape index (κ3) is 2.80. The van der Waals surface area contributed by atoms with Gasteiger partial charge in [-0.25, -0.2) is 0 Å². The molecule has 3 aromatic rings. The lowest BCUT2D eigenvalue weighted by atomic mass is 10.2. The van der Waals surface area contributed by atoms with E-state index in [1.165, 1.54) is 15.6 Å². The van der Waals surface area contributed by atoms with Crippen LogP contribution in [0.25, 0.3) is 0 Å². The molecule has 2 atom stereocenters. The van der Waals surface area contributed by atoms with Gasteiger partial charge in [0.15, 0.2) is 8.07 Å². The van der Waals surface area contributed by atoms with Crippen LogP contribution >= 0.6 is 0 Å². The number of nitrogens with zero attached hydrogens (tertiary/aromatic N) is 1. The molecule has 1 aliphatic heterocycles. The summed E-state index contributed by atoms with van der Waals surface area (Å²) in [5, 5.41) is 3.72. The zero-order chi connectivity index (χ0) is 19.6. The van der Waals surface area contributed by atoms with Gasteiger partial charge >= 0.3 is 0 Å². The topological polar surface area (TPSA) is 29.5 Å². The van der Waals surface area contributed by atoms with Crippen LogP contribution in [0.3, 0.4) is 0 Å². The smallest absolute Gasteiger partial charge is 0.230 e. The Morgan fingerprint density at radius 3 is 1.54 bits per heavy atom. The molecule has 1 aliphatic rings. The zero-order valence-electron chi connectivity index (χ0n) is 16.3. The van der Waals surface area contributed by atoms with Crippen LogP contribution in [-0.2, 0) is 9.53 Å². The van der Waals surface area contributed by atoms with E-state index in [1.807, 2.05) is 32.2 Å². The van der Waals surface area contributed by atoms with Gasteiger partial charge in [0.2, 0.25) is 5.91 Å². The van der Waals surface area contributed by atoms with Crippen molar-refractivity contribution in [3.8, 4) is 0 Å². The fourth-order valence-electron chi connectivity index (χ4n) is 4.53. The van der Waals surface area contributed by atoms with Gasteiger partial charge in [-0.1, -0.05) is 91.0 Å². The molecule has 142 valence electrons. The van der Waals surface area contributed by atoms with Gasteiger partial charge < -0.3 is 9.64 Å². The van der Waals surface area contributed by atoms with Crippen molar-refractivity contribution in [2.24, 2.45) is 0 Å². The predicted molar refractivity (Wildman–Crippen MR) is 116 cm³/mol. The first-order valence-corrected chi connectivity index (χ1v) is 11.8. The molecule has 0 saturated carbocycles. The Kier molecular flexibility index (Phi) is 5.16. The van der Waals surface area contributed by atoms with Gasteiger partial charge in [-0.3, -0.25) is 4.79 Å². The molecular formula is C24H25NO2Si. The summed E-state index contributed by atoms with van der Waals surface area (Å²) in [6.45, 7) is 2.58. The number of hydrogen-bond acceptors (Lipinski definition) is 2. The molecule has 3 aromatic carbocycles. The van der Waals surface area contributed by atoms with Gasteiger partial charge in [0.1, 0.15) is 6.23 Å². The van der Waals surface area contributed by atoms with Gasteiger partial charge in [-0.15, -0.1) is 0 Å². The molecule has 0 spiro atoms. The molecule has 0 bridgehead atoms. The molecule has 1 amide bonds. The van der Waals surface area contributed by atoms with Gasteiger partial charge in [-0.05, 0) is 22.5 Å². The normalized spacial score (nSPS) is 19.4. The van der Waals surface area contributed by atoms with Gasteiger partial charge in [0, 0.05) is 13.7 Å². The van der Waals surface area contributed by atoms with E-state index in [1.54, 1.807) is 4.90 Å². The fraction of sp³-hybridized carbons (Fsp3) is 0.208. The summed E-state index contributed by atoms with van der Waals surface area (Å²) in [5.41, 5.74) is -0.190. The Hall–Kier alpha value is -2.69. The van der Waals surface area contributed by atoms with Gasteiger partial charge in [-0.2, -0.15) is 0 Å². The van der Waals surface area contributed by atoms with Crippen molar-refractivity contribution in [3.05, 3.63) is 91.0 Å². The second-order valence-electron chi connectivity index (χ2n) is 7.18. The Labute approximate surface area is 167 Å². The summed E-state index contributed by atoms with van der Waals surface area (Å²) in [4.78, 5) is 15.0. The predicted octanol–water partition coefficient (Wildman–Crippen LogP) is 2.36. The molecule has 4 rings (SSSR count). The van der Waals surface area contributed by atoms with E-state index in [-0.39, 0.29) is 17.7 Å². The summed E-state index contributed by atoms with van der Waals surface area (Å²) in [6.07, 6.45) is -0.204. The minimum Gasteiger partial charge on any atom is -0.358 e. The van der Waals surface area contributed by atoms with E-state index >= 15 is 0 Å². The lowest BCUT2D eigenvalue weighted by Gasteiger charge is -2.53. The number of carbonyl (C=O) groups is 1. The zero-order valence-corrected chi connectivity index (χ0v) is 17.3. The number of ether oxygens (including phenoxy) is 1. The van der Waals surface area contributed by atoms with Crippen LogP contribution in [0.1, 0.15) is 6.92 Å². The van der Waals surface area contributed by atoms with E-state index < -0.39 is 8.07 Å². The number of rotatable bonds is 6. The van der Waals surface area contributed by atoms with Gasteiger partial charge in [0.05, 0.1) is 5.54 Å². The average Bonchev–Trinajstić information content (AvgIpc) is 2.78. The molecule has 0 unspecified atom stereocenters. The molecule has 1 saturated heterocycles. The van der Waals surface area contributed by atoms with E-state index in [0.717, 1.165) is 0 Å². The minimum absolute atomic E-state index is 0.168. The van der Waals surface area contributed by atoms with Crippen molar-refractivity contribution in [2.75, 3.05) is 13.7 Å². The van der Waals surface area contributed by atoms with E-state index in [4.69, 9.17) is 4.74 Å². The molecule has 3 nitrogen and oxygen atoms in total. The highest BCUT2D eigenvalue weighted by Gasteiger charge is 2.61. The molecule has 0 radical (unpaired) electrons. The standard InChI is InChI=1S/C24H25NO2Si/c1-3-27-24-22(23(26)25(24)2)28(19-13-7-4-8-14-19,20-15-9-5-10-16-20)21-17-11-6-12-18-21/h4-18,22,24H,3H2,1-2H3/t22-,24+/m1/s1. The highest BCUT2D eigenvalue weighted by molar-refractivity contribution is 7.14. The Morgan fingerprint density at radius 1 is 0.786 bits per heavy atom. The van der Waals surface area contributed by atoms with Crippen molar-refractivity contribution in [1.82, 2.24) is 4.90 Å². The maximum Gasteiger partial charge on any atom is 0.230 e. The number of carbonyl (C=O) groups excluding carboxylic acids is 1. The Balaban J connectivity index is 2.04. The van der Waals surface area contributed by atoms with Crippen LogP contribution in [0.5, 0.6) is 0 Å². The highest BCUT2D eigenvalue weighted by Crippen LogP contribution is 2.39. The summed E-state index contributed by atoms with van der Waals surface area (Å²) < 4.78 is 6.08. The number of β-lactam (4-membered cyclic amide) rings is 1. The summed E-state index contributed by atoms with van der Waals surface area (Å²) in [7, 11) is -0.815. The second-order valence-corrected chi connectivity index (χ2v) is 11.1. The van der Waals surface area contributed by atoms with E-state index in [9.17, 15) is 4.79 Å². The first-order chi connectivity index (χ1) is 13.7. The number of amides is 1. The summed E-state index contributed by atoms with van der Waals surface area (Å²) in [5.74, 6) is 0.168. The quantitative estimate of drug-likeness (QED) is 0.369. The monoisotopic (exact) mass is 387 g/mol.